The van der Waals surface area contributed by atoms with E-state index in [0.717, 1.165) is 31.2 Å². The molecule has 4 rings (SSSR count). The standard InChI is InChI=1S/C18H19N5O2/c24-15-11-14(12-7-3-1-4-8-12)19-18-21-17(22-23(15)18)20-16(25)13-9-5-2-6-10-13/h1,3-4,7-8,11,13H,2,5-6,9-10H2,(H2,19,20,21,22,25). The number of nitrogens with one attached hydrogen (secondary N) is 2. The summed E-state index contributed by atoms with van der Waals surface area (Å²) in [7, 11) is 0. The van der Waals surface area contributed by atoms with E-state index in [1.54, 1.807) is 0 Å². The topological polar surface area (TPSA) is 92.2 Å². The second kappa shape index (κ2) is 6.51. The van der Waals surface area contributed by atoms with Crippen molar-refractivity contribution in [2.45, 2.75) is 32.1 Å². The van der Waals surface area contributed by atoms with Gasteiger partial charge in [-0.2, -0.15) is 9.50 Å². The summed E-state index contributed by atoms with van der Waals surface area (Å²) in [5, 5.41) is 5.59. The Kier molecular flexibility index (Phi) is 4.05. The van der Waals surface area contributed by atoms with Crippen LogP contribution in [-0.2, 0) is 4.79 Å². The molecule has 0 aliphatic heterocycles. The predicted octanol–water partition coefficient (Wildman–Crippen LogP) is 2.60. The van der Waals surface area contributed by atoms with Gasteiger partial charge in [-0.15, -0.1) is 0 Å². The maximum Gasteiger partial charge on any atom is 0.274 e. The molecule has 0 saturated heterocycles. The van der Waals surface area contributed by atoms with E-state index >= 15 is 0 Å². The average molecular weight is 337 g/mol. The van der Waals surface area contributed by atoms with E-state index in [9.17, 15) is 9.59 Å². The molecule has 0 unspecified atom stereocenters. The molecule has 1 saturated carbocycles. The fraction of sp³-hybridized carbons (Fsp3) is 0.333. The minimum Gasteiger partial charge on any atom is -0.295 e. The number of anilines is 1. The fourth-order valence-electron chi connectivity index (χ4n) is 3.28. The van der Waals surface area contributed by atoms with Gasteiger partial charge in [0.2, 0.25) is 11.9 Å². The van der Waals surface area contributed by atoms with Crippen molar-refractivity contribution in [1.82, 2.24) is 19.6 Å². The molecule has 1 aliphatic rings. The van der Waals surface area contributed by atoms with Gasteiger partial charge in [-0.3, -0.25) is 20.0 Å². The quantitative estimate of drug-likeness (QED) is 0.768. The zero-order valence-electron chi connectivity index (χ0n) is 13.7. The van der Waals surface area contributed by atoms with Crippen LogP contribution < -0.4 is 10.9 Å². The van der Waals surface area contributed by atoms with Crippen LogP contribution in [0.15, 0.2) is 41.2 Å². The summed E-state index contributed by atoms with van der Waals surface area (Å²) in [5.41, 5.74) is 1.13. The Hall–Kier alpha value is -2.96. The second-order valence-electron chi connectivity index (χ2n) is 6.38. The summed E-state index contributed by atoms with van der Waals surface area (Å²) in [6, 6.07) is 10.9. The summed E-state index contributed by atoms with van der Waals surface area (Å²) in [4.78, 5) is 33.3. The number of H-pyrrole nitrogens is 1. The van der Waals surface area contributed by atoms with Crippen LogP contribution in [0.25, 0.3) is 17.0 Å². The average Bonchev–Trinajstić information content (AvgIpc) is 3.06. The highest BCUT2D eigenvalue weighted by atomic mass is 16.2. The number of benzene rings is 1. The number of nitrogens with zero attached hydrogens (tertiary/aromatic N) is 3. The van der Waals surface area contributed by atoms with Crippen LogP contribution in [0.3, 0.4) is 0 Å². The molecule has 3 aromatic rings. The monoisotopic (exact) mass is 337 g/mol. The molecule has 7 heteroatoms. The summed E-state index contributed by atoms with van der Waals surface area (Å²) in [6.07, 6.45) is 5.17. The van der Waals surface area contributed by atoms with E-state index in [0.29, 0.717) is 5.69 Å². The number of carbonyl (C=O) groups is 1. The predicted molar refractivity (Wildman–Crippen MR) is 94.2 cm³/mol. The Morgan fingerprint density at radius 1 is 1.12 bits per heavy atom. The van der Waals surface area contributed by atoms with E-state index in [2.05, 4.69) is 20.4 Å². The van der Waals surface area contributed by atoms with E-state index in [4.69, 9.17) is 0 Å². The molecule has 2 aromatic heterocycles. The first-order valence-corrected chi connectivity index (χ1v) is 8.57. The molecule has 25 heavy (non-hydrogen) atoms. The molecule has 2 N–H and O–H groups in total. The Morgan fingerprint density at radius 3 is 2.64 bits per heavy atom. The number of rotatable bonds is 3. The molecule has 7 nitrogen and oxygen atoms in total. The first kappa shape index (κ1) is 15.6. The third kappa shape index (κ3) is 3.17. The van der Waals surface area contributed by atoms with E-state index in [-0.39, 0.29) is 29.1 Å². The summed E-state index contributed by atoms with van der Waals surface area (Å²) >= 11 is 0. The highest BCUT2D eigenvalue weighted by Gasteiger charge is 2.22. The van der Waals surface area contributed by atoms with Crippen molar-refractivity contribution in [3.05, 3.63) is 46.8 Å². The van der Waals surface area contributed by atoms with Gasteiger partial charge in [-0.1, -0.05) is 49.6 Å². The van der Waals surface area contributed by atoms with Crippen molar-refractivity contribution in [1.29, 1.82) is 0 Å². The number of carbonyl (C=O) groups excluding carboxylic acids is 1. The van der Waals surface area contributed by atoms with Crippen LogP contribution in [-0.4, -0.2) is 25.5 Å². The van der Waals surface area contributed by atoms with E-state index in [1.165, 1.54) is 17.0 Å². The highest BCUT2D eigenvalue weighted by Crippen LogP contribution is 2.24. The van der Waals surface area contributed by atoms with Gasteiger partial charge in [0.15, 0.2) is 0 Å². The summed E-state index contributed by atoms with van der Waals surface area (Å²) in [6.45, 7) is 0. The smallest absolute Gasteiger partial charge is 0.274 e. The van der Waals surface area contributed by atoms with Gasteiger partial charge in [0.1, 0.15) is 0 Å². The van der Waals surface area contributed by atoms with Crippen molar-refractivity contribution >= 4 is 17.6 Å². The Bertz CT molecular complexity index is 955. The molecule has 0 radical (unpaired) electrons. The third-order valence-electron chi connectivity index (χ3n) is 4.62. The number of hydrogen-bond donors (Lipinski definition) is 2. The number of amides is 1. The Labute approximate surface area is 144 Å². The molecule has 1 aromatic carbocycles. The van der Waals surface area contributed by atoms with Gasteiger partial charge in [-0.25, -0.2) is 4.98 Å². The van der Waals surface area contributed by atoms with Gasteiger partial charge in [0.25, 0.3) is 11.3 Å². The number of hydrogen-bond acceptors (Lipinski definition) is 4. The van der Waals surface area contributed by atoms with E-state index < -0.39 is 0 Å². The Balaban J connectivity index is 1.62. The van der Waals surface area contributed by atoms with Gasteiger partial charge in [-0.05, 0) is 12.8 Å². The molecule has 0 spiro atoms. The number of aromatic amines is 1. The minimum atomic E-state index is -0.269. The largest absolute Gasteiger partial charge is 0.295 e. The number of aromatic nitrogens is 4. The lowest BCUT2D eigenvalue weighted by molar-refractivity contribution is -0.120. The second-order valence-corrected chi connectivity index (χ2v) is 6.38. The SMILES string of the molecule is O=C(Nc1nc2nc(-c3ccccc3)cc(=O)n2[nH]1)C1CCCCC1. The van der Waals surface area contributed by atoms with Crippen LogP contribution in [0, 0.1) is 5.92 Å². The van der Waals surface area contributed by atoms with Crippen LogP contribution in [0.4, 0.5) is 5.95 Å². The van der Waals surface area contributed by atoms with Crippen LogP contribution in [0.2, 0.25) is 0 Å². The zero-order chi connectivity index (χ0) is 17.2. The van der Waals surface area contributed by atoms with Gasteiger partial charge < -0.3 is 0 Å². The van der Waals surface area contributed by atoms with Gasteiger partial charge in [0, 0.05) is 17.5 Å². The molecular weight excluding hydrogens is 318 g/mol. The molecule has 0 bridgehead atoms. The van der Waals surface area contributed by atoms with Crippen LogP contribution >= 0.6 is 0 Å². The first-order chi connectivity index (χ1) is 12.2. The Morgan fingerprint density at radius 2 is 1.88 bits per heavy atom. The van der Waals surface area contributed by atoms with Crippen LogP contribution in [0.1, 0.15) is 32.1 Å². The van der Waals surface area contributed by atoms with Crippen LogP contribution in [0.5, 0.6) is 0 Å². The summed E-state index contributed by atoms with van der Waals surface area (Å²) in [5.74, 6) is 0.470. The summed E-state index contributed by atoms with van der Waals surface area (Å²) < 4.78 is 1.24. The zero-order valence-corrected chi connectivity index (χ0v) is 13.7. The maximum atomic E-state index is 12.3. The molecule has 128 valence electrons. The lowest BCUT2D eigenvalue weighted by Gasteiger charge is -2.19. The molecule has 2 heterocycles. The third-order valence-corrected chi connectivity index (χ3v) is 4.62. The lowest BCUT2D eigenvalue weighted by atomic mass is 9.89. The normalized spacial score (nSPS) is 15.4. The minimum absolute atomic E-state index is 0.0199. The lowest BCUT2D eigenvalue weighted by Crippen LogP contribution is -2.25. The van der Waals surface area contributed by atoms with Crippen molar-refractivity contribution in [3.63, 3.8) is 0 Å². The maximum absolute atomic E-state index is 12.3. The van der Waals surface area contributed by atoms with Gasteiger partial charge in [0.05, 0.1) is 5.69 Å². The molecule has 1 aliphatic carbocycles. The molecule has 1 amide bonds. The first-order valence-electron chi connectivity index (χ1n) is 8.57. The molecule has 0 atom stereocenters. The number of fused-ring (bicyclic) bond motifs is 1. The fourth-order valence-corrected chi connectivity index (χ4v) is 3.28. The van der Waals surface area contributed by atoms with Crippen molar-refractivity contribution in [2.75, 3.05) is 5.32 Å². The van der Waals surface area contributed by atoms with Crippen molar-refractivity contribution in [3.8, 4) is 11.3 Å². The van der Waals surface area contributed by atoms with E-state index in [1.807, 2.05) is 30.3 Å². The van der Waals surface area contributed by atoms with Crippen molar-refractivity contribution < 1.29 is 4.79 Å². The van der Waals surface area contributed by atoms with Gasteiger partial charge >= 0.3 is 0 Å². The van der Waals surface area contributed by atoms with Crippen molar-refractivity contribution in [2.24, 2.45) is 5.92 Å². The molecule has 1 fully saturated rings. The highest BCUT2D eigenvalue weighted by molar-refractivity contribution is 5.91. The molecular formula is C18H19N5O2.